The summed E-state index contributed by atoms with van der Waals surface area (Å²) in [5.74, 6) is 1.66. The second-order valence-electron chi connectivity index (χ2n) is 8.71. The number of allylic oxidation sites excluding steroid dienone is 1. The van der Waals surface area contributed by atoms with Crippen LogP contribution in [0.2, 0.25) is 0 Å². The van der Waals surface area contributed by atoms with Gasteiger partial charge in [0.1, 0.15) is 11.8 Å². The topological polar surface area (TPSA) is 105 Å². The van der Waals surface area contributed by atoms with Gasteiger partial charge in [0, 0.05) is 29.4 Å². The lowest BCUT2D eigenvalue weighted by Crippen LogP contribution is -2.52. The number of hydrazone groups is 1. The lowest BCUT2D eigenvalue weighted by atomic mass is 9.92. The van der Waals surface area contributed by atoms with Crippen molar-refractivity contribution in [1.82, 2.24) is 14.9 Å². The van der Waals surface area contributed by atoms with E-state index in [1.807, 2.05) is 62.4 Å². The molecule has 0 saturated heterocycles. The van der Waals surface area contributed by atoms with Crippen LogP contribution < -0.4 is 16.6 Å². The van der Waals surface area contributed by atoms with E-state index in [0.717, 1.165) is 0 Å². The second kappa shape index (κ2) is 8.29. The zero-order valence-corrected chi connectivity index (χ0v) is 19.3. The van der Waals surface area contributed by atoms with E-state index in [-0.39, 0.29) is 17.3 Å². The third-order valence-corrected chi connectivity index (χ3v) is 6.49. The number of aromatic nitrogens is 1. The smallest absolute Gasteiger partial charge is 0.264 e. The second-order valence-corrected chi connectivity index (χ2v) is 8.71. The van der Waals surface area contributed by atoms with Gasteiger partial charge in [-0.25, -0.2) is 5.01 Å². The highest BCUT2D eigenvalue weighted by Gasteiger charge is 2.51. The number of para-hydroxylation sites is 1. The van der Waals surface area contributed by atoms with Gasteiger partial charge in [0.25, 0.3) is 5.56 Å². The Bertz CT molecular complexity index is 1530. The molecule has 2 unspecified atom stereocenters. The van der Waals surface area contributed by atoms with E-state index < -0.39 is 17.6 Å². The molecule has 0 aliphatic carbocycles. The van der Waals surface area contributed by atoms with Crippen LogP contribution in [0.4, 0.5) is 0 Å². The SMILES string of the molecule is C#Cc1cccc2cc([C@H](C)NC(=O)C3C(N)=NN4C=CC=NC34C)n(-c3ccccc3)c(=O)c12. The number of benzene rings is 2. The predicted octanol–water partition coefficient (Wildman–Crippen LogP) is 2.67. The van der Waals surface area contributed by atoms with Crippen molar-refractivity contribution in [2.75, 3.05) is 0 Å². The molecule has 2 aromatic carbocycles. The summed E-state index contributed by atoms with van der Waals surface area (Å²) in [7, 11) is 0. The van der Waals surface area contributed by atoms with Crippen molar-refractivity contribution in [3.8, 4) is 18.0 Å². The van der Waals surface area contributed by atoms with Crippen LogP contribution in [0, 0.1) is 18.3 Å². The number of pyridine rings is 1. The number of nitrogens with zero attached hydrogens (tertiary/aromatic N) is 4. The van der Waals surface area contributed by atoms with E-state index >= 15 is 0 Å². The van der Waals surface area contributed by atoms with Crippen LogP contribution in [0.5, 0.6) is 0 Å². The van der Waals surface area contributed by atoms with Crippen molar-refractivity contribution >= 4 is 28.7 Å². The van der Waals surface area contributed by atoms with Crippen LogP contribution in [-0.4, -0.2) is 33.2 Å². The van der Waals surface area contributed by atoms with Gasteiger partial charge in [-0.05, 0) is 49.6 Å². The van der Waals surface area contributed by atoms with E-state index in [9.17, 15) is 9.59 Å². The fourth-order valence-electron chi connectivity index (χ4n) is 4.75. The fraction of sp³-hybridized carbons (Fsp3) is 0.185. The summed E-state index contributed by atoms with van der Waals surface area (Å²) in [5, 5.41) is 10.1. The van der Waals surface area contributed by atoms with E-state index in [4.69, 9.17) is 12.2 Å². The normalized spacial score (nSPS) is 21.3. The molecule has 0 saturated carbocycles. The summed E-state index contributed by atoms with van der Waals surface area (Å²) >= 11 is 0. The van der Waals surface area contributed by atoms with Crippen LogP contribution in [-0.2, 0) is 4.79 Å². The van der Waals surface area contributed by atoms with Gasteiger partial charge in [0.2, 0.25) is 5.91 Å². The Morgan fingerprint density at radius 2 is 2.00 bits per heavy atom. The van der Waals surface area contributed by atoms with Gasteiger partial charge in [0.15, 0.2) is 5.66 Å². The minimum absolute atomic E-state index is 0.179. The number of carbonyl (C=O) groups excluding carboxylic acids is 1. The van der Waals surface area contributed by atoms with E-state index in [1.54, 1.807) is 34.1 Å². The maximum absolute atomic E-state index is 13.7. The first kappa shape index (κ1) is 22.2. The average molecular weight is 465 g/mol. The molecule has 3 N–H and O–H groups in total. The molecular weight excluding hydrogens is 440 g/mol. The maximum Gasteiger partial charge on any atom is 0.264 e. The molecule has 0 spiro atoms. The summed E-state index contributed by atoms with van der Waals surface area (Å²) in [4.78, 5) is 31.7. The van der Waals surface area contributed by atoms with Crippen LogP contribution in [0.1, 0.15) is 31.1 Å². The van der Waals surface area contributed by atoms with Gasteiger partial charge in [-0.1, -0.05) is 36.3 Å². The predicted molar refractivity (Wildman–Crippen MR) is 137 cm³/mol. The average Bonchev–Trinajstić information content (AvgIpc) is 3.13. The zero-order valence-electron chi connectivity index (χ0n) is 19.3. The Labute approximate surface area is 202 Å². The van der Waals surface area contributed by atoms with Gasteiger partial charge < -0.3 is 11.1 Å². The number of nitrogens with one attached hydrogen (secondary N) is 1. The minimum atomic E-state index is -0.952. The lowest BCUT2D eigenvalue weighted by molar-refractivity contribution is -0.126. The minimum Gasteiger partial charge on any atom is -0.385 e. The number of amides is 1. The molecule has 5 rings (SSSR count). The quantitative estimate of drug-likeness (QED) is 0.579. The fourth-order valence-corrected chi connectivity index (χ4v) is 4.75. The highest BCUT2D eigenvalue weighted by Crippen LogP contribution is 2.35. The third-order valence-electron chi connectivity index (χ3n) is 6.49. The Balaban J connectivity index is 1.59. The number of hydrogen-bond acceptors (Lipinski definition) is 6. The molecule has 2 aliphatic heterocycles. The molecule has 174 valence electrons. The zero-order chi connectivity index (χ0) is 24.7. The number of carbonyl (C=O) groups is 1. The van der Waals surface area contributed by atoms with Gasteiger partial charge in [0.05, 0.1) is 11.4 Å². The van der Waals surface area contributed by atoms with Gasteiger partial charge in [-0.15, -0.1) is 6.42 Å². The molecule has 0 bridgehead atoms. The molecular formula is C27H24N6O2. The lowest BCUT2D eigenvalue weighted by Gasteiger charge is -2.34. The van der Waals surface area contributed by atoms with Crippen LogP contribution in [0.3, 0.4) is 0 Å². The Morgan fingerprint density at radius 1 is 1.23 bits per heavy atom. The number of fused-ring (bicyclic) bond motifs is 2. The molecule has 3 heterocycles. The van der Waals surface area contributed by atoms with Crippen molar-refractivity contribution in [2.45, 2.75) is 25.6 Å². The molecule has 1 amide bonds. The molecule has 35 heavy (non-hydrogen) atoms. The maximum atomic E-state index is 13.7. The summed E-state index contributed by atoms with van der Waals surface area (Å²) < 4.78 is 1.59. The monoisotopic (exact) mass is 464 g/mol. The largest absolute Gasteiger partial charge is 0.385 e. The van der Waals surface area contributed by atoms with Crippen molar-refractivity contribution in [2.24, 2.45) is 21.7 Å². The number of nitrogens with two attached hydrogens (primary N) is 1. The molecule has 8 heteroatoms. The highest BCUT2D eigenvalue weighted by molar-refractivity contribution is 6.05. The van der Waals surface area contributed by atoms with Crippen LogP contribution in [0.15, 0.2) is 81.8 Å². The van der Waals surface area contributed by atoms with Gasteiger partial charge in [-0.3, -0.25) is 19.1 Å². The van der Waals surface area contributed by atoms with Crippen molar-refractivity contribution in [3.05, 3.63) is 88.5 Å². The summed E-state index contributed by atoms with van der Waals surface area (Å²) in [6.45, 7) is 3.64. The van der Waals surface area contributed by atoms with Crippen molar-refractivity contribution in [3.63, 3.8) is 0 Å². The van der Waals surface area contributed by atoms with Crippen LogP contribution in [0.25, 0.3) is 16.5 Å². The number of amidine groups is 1. The molecule has 0 fully saturated rings. The molecule has 8 nitrogen and oxygen atoms in total. The highest BCUT2D eigenvalue weighted by atomic mass is 16.2. The Kier molecular flexibility index (Phi) is 5.25. The third kappa shape index (κ3) is 3.49. The standard InChI is InChI=1S/C27H24N6O2/c1-4-18-10-8-11-19-16-21(33(26(35)22(18)19)20-12-6-5-7-13-20)17(2)30-25(34)23-24(28)31-32-15-9-14-29-27(23,32)3/h1,5-17,23H,2-3H3,(H2,28,31)(H,30,34)/t17-,23?,27?/m0/s1. The number of rotatable bonds is 4. The van der Waals surface area contributed by atoms with Gasteiger partial charge >= 0.3 is 0 Å². The first-order chi connectivity index (χ1) is 16.8. The Morgan fingerprint density at radius 3 is 2.74 bits per heavy atom. The van der Waals surface area contributed by atoms with Gasteiger partial charge in [-0.2, -0.15) is 5.10 Å². The number of aliphatic imine (C=N–C) groups is 1. The van der Waals surface area contributed by atoms with E-state index in [2.05, 4.69) is 21.3 Å². The molecule has 1 aromatic heterocycles. The first-order valence-electron chi connectivity index (χ1n) is 11.2. The van der Waals surface area contributed by atoms with Crippen molar-refractivity contribution in [1.29, 1.82) is 0 Å². The molecule has 0 radical (unpaired) electrons. The summed E-state index contributed by atoms with van der Waals surface area (Å²) in [6.07, 6.45) is 10.8. The number of terminal acetylenes is 1. The summed E-state index contributed by atoms with van der Waals surface area (Å²) in [6, 6.07) is 16.0. The Hall–Kier alpha value is -4.64. The van der Waals surface area contributed by atoms with E-state index in [1.165, 1.54) is 0 Å². The van der Waals surface area contributed by atoms with E-state index in [0.29, 0.717) is 27.7 Å². The van der Waals surface area contributed by atoms with Crippen molar-refractivity contribution < 1.29 is 4.79 Å². The molecule has 3 aromatic rings. The summed E-state index contributed by atoms with van der Waals surface area (Å²) in [5.41, 5.74) is 6.76. The molecule has 2 aliphatic rings. The molecule has 3 atom stereocenters. The first-order valence-corrected chi connectivity index (χ1v) is 11.2. The number of hydrogen-bond donors (Lipinski definition) is 2. The van der Waals surface area contributed by atoms with Crippen LogP contribution >= 0.6 is 0 Å².